The number of fused-ring (bicyclic) bond motifs is 1. The quantitative estimate of drug-likeness (QED) is 0.297. The van der Waals surface area contributed by atoms with Crippen LogP contribution in [0, 0.1) is 17.8 Å². The Morgan fingerprint density at radius 2 is 1.85 bits per heavy atom. The Kier molecular flexibility index (Phi) is 5.23. The number of rotatable bonds is 5. The number of hydrogen-bond donors (Lipinski definition) is 0. The first-order valence-corrected chi connectivity index (χ1v) is 10.7. The Morgan fingerprint density at radius 1 is 1.10 bits per heavy atom. The van der Waals surface area contributed by atoms with Gasteiger partial charge in [-0.1, -0.05) is 0 Å². The molecule has 3 fully saturated rings. The predicted octanol–water partition coefficient (Wildman–Crippen LogP) is 0.606. The van der Waals surface area contributed by atoms with Crippen LogP contribution in [0.15, 0.2) is 0 Å². The standard InChI is InChI=1S/C16H26IO3/c1-11-2-4-12(5-3-11)9-17-16(18)19-10-13-6-7-14-15(8-13)20-14/h11-15H,2-10H2,1H3/q-1. The molecule has 4 heteroatoms. The van der Waals surface area contributed by atoms with E-state index in [2.05, 4.69) is 6.92 Å². The molecular formula is C16H26IO3-. The third-order valence-corrected chi connectivity index (χ3v) is 7.71. The first-order chi connectivity index (χ1) is 9.70. The van der Waals surface area contributed by atoms with Crippen LogP contribution in [0.5, 0.6) is 0 Å². The molecule has 2 saturated carbocycles. The van der Waals surface area contributed by atoms with Gasteiger partial charge in [-0.25, -0.2) is 0 Å². The molecule has 1 aliphatic heterocycles. The van der Waals surface area contributed by atoms with Crippen LogP contribution < -0.4 is 21.2 Å². The summed E-state index contributed by atoms with van der Waals surface area (Å²) in [5, 5.41) is 0. The normalized spacial score (nSPS) is 40.1. The van der Waals surface area contributed by atoms with Gasteiger partial charge in [0.15, 0.2) is 0 Å². The van der Waals surface area contributed by atoms with Crippen molar-refractivity contribution in [3.8, 4) is 0 Å². The van der Waals surface area contributed by atoms with Gasteiger partial charge < -0.3 is 0 Å². The van der Waals surface area contributed by atoms with Crippen molar-refractivity contribution < 1.29 is 35.5 Å². The fourth-order valence-electron chi connectivity index (χ4n) is 3.52. The molecule has 0 aromatic rings. The Hall–Kier alpha value is 0.160. The maximum atomic E-state index is 11.9. The molecule has 0 bridgehead atoms. The fraction of sp³-hybridized carbons (Fsp3) is 0.938. The van der Waals surface area contributed by atoms with Crippen LogP contribution in [0.3, 0.4) is 0 Å². The van der Waals surface area contributed by atoms with Gasteiger partial charge in [-0.15, -0.1) is 0 Å². The summed E-state index contributed by atoms with van der Waals surface area (Å²) >= 11 is -0.400. The molecule has 116 valence electrons. The Balaban J connectivity index is 1.27. The van der Waals surface area contributed by atoms with Gasteiger partial charge in [-0.3, -0.25) is 0 Å². The van der Waals surface area contributed by atoms with Crippen LogP contribution in [0.25, 0.3) is 0 Å². The second kappa shape index (κ2) is 6.95. The van der Waals surface area contributed by atoms with E-state index in [1.807, 2.05) is 0 Å². The molecule has 0 radical (unpaired) electrons. The zero-order valence-corrected chi connectivity index (χ0v) is 14.5. The van der Waals surface area contributed by atoms with Gasteiger partial charge in [0.05, 0.1) is 0 Å². The molecule has 0 aromatic carbocycles. The van der Waals surface area contributed by atoms with Crippen molar-refractivity contribution >= 4 is 3.98 Å². The molecular weight excluding hydrogens is 367 g/mol. The summed E-state index contributed by atoms with van der Waals surface area (Å²) in [6.45, 7) is 2.99. The minimum atomic E-state index is -0.400. The van der Waals surface area contributed by atoms with Crippen molar-refractivity contribution in [2.75, 3.05) is 11.0 Å². The Labute approximate surface area is 132 Å². The fourth-order valence-corrected chi connectivity index (χ4v) is 5.78. The SMILES string of the molecule is CC1CCC(C[I-]C(=O)OCC2CCC3OC3C2)CC1. The molecule has 1 heterocycles. The number of halogens is 1. The molecule has 20 heavy (non-hydrogen) atoms. The minimum absolute atomic E-state index is 0.126. The van der Waals surface area contributed by atoms with E-state index in [4.69, 9.17) is 9.47 Å². The van der Waals surface area contributed by atoms with E-state index in [0.29, 0.717) is 24.7 Å². The van der Waals surface area contributed by atoms with E-state index < -0.39 is 21.2 Å². The van der Waals surface area contributed by atoms with Gasteiger partial charge >= 0.3 is 132 Å². The number of carbonyl (C=O) groups excluding carboxylic acids is 1. The van der Waals surface area contributed by atoms with Crippen LogP contribution in [-0.2, 0) is 9.47 Å². The van der Waals surface area contributed by atoms with Crippen LogP contribution in [0.1, 0.15) is 51.9 Å². The van der Waals surface area contributed by atoms with Crippen LogP contribution in [0.4, 0.5) is 4.79 Å². The third kappa shape index (κ3) is 4.33. The number of epoxide rings is 1. The molecule has 0 aromatic heterocycles. The summed E-state index contributed by atoms with van der Waals surface area (Å²) in [5.41, 5.74) is 0. The van der Waals surface area contributed by atoms with Gasteiger partial charge in [0.25, 0.3) is 0 Å². The van der Waals surface area contributed by atoms with Crippen LogP contribution in [-0.4, -0.2) is 27.2 Å². The molecule has 3 unspecified atom stereocenters. The van der Waals surface area contributed by atoms with Gasteiger partial charge in [0.1, 0.15) is 0 Å². The molecule has 3 rings (SSSR count). The van der Waals surface area contributed by atoms with Gasteiger partial charge in [0, 0.05) is 0 Å². The third-order valence-electron chi connectivity index (χ3n) is 5.09. The van der Waals surface area contributed by atoms with E-state index in [1.54, 1.807) is 0 Å². The Morgan fingerprint density at radius 3 is 2.60 bits per heavy atom. The van der Waals surface area contributed by atoms with Crippen LogP contribution in [0.2, 0.25) is 0 Å². The summed E-state index contributed by atoms with van der Waals surface area (Å²) < 4.78 is 12.3. The number of ether oxygens (including phenoxy) is 2. The molecule has 2 aliphatic carbocycles. The van der Waals surface area contributed by atoms with E-state index in [0.717, 1.165) is 22.7 Å². The maximum absolute atomic E-state index is 11.9. The first-order valence-electron chi connectivity index (χ1n) is 8.12. The van der Waals surface area contributed by atoms with Gasteiger partial charge in [0.2, 0.25) is 0 Å². The molecule has 0 N–H and O–H groups in total. The van der Waals surface area contributed by atoms with Crippen molar-refractivity contribution in [3.63, 3.8) is 0 Å². The number of carbonyl (C=O) groups is 1. The summed E-state index contributed by atoms with van der Waals surface area (Å²) in [6.07, 6.45) is 9.86. The second-order valence-corrected chi connectivity index (χ2v) is 9.38. The number of hydrogen-bond acceptors (Lipinski definition) is 3. The zero-order valence-electron chi connectivity index (χ0n) is 12.4. The van der Waals surface area contributed by atoms with E-state index >= 15 is 0 Å². The van der Waals surface area contributed by atoms with Crippen molar-refractivity contribution in [1.29, 1.82) is 0 Å². The van der Waals surface area contributed by atoms with Crippen LogP contribution >= 0.6 is 0 Å². The average molecular weight is 393 g/mol. The molecule has 3 atom stereocenters. The summed E-state index contributed by atoms with van der Waals surface area (Å²) in [5.74, 6) is 2.26. The second-order valence-electron chi connectivity index (χ2n) is 6.85. The topological polar surface area (TPSA) is 38.8 Å². The van der Waals surface area contributed by atoms with Gasteiger partial charge in [-0.05, 0) is 0 Å². The van der Waals surface area contributed by atoms with Crippen molar-refractivity contribution in [2.45, 2.75) is 64.1 Å². The monoisotopic (exact) mass is 393 g/mol. The predicted molar refractivity (Wildman–Crippen MR) is 73.3 cm³/mol. The van der Waals surface area contributed by atoms with Crippen molar-refractivity contribution in [1.82, 2.24) is 0 Å². The molecule has 0 spiro atoms. The summed E-state index contributed by atoms with van der Waals surface area (Å²) in [6, 6.07) is 0. The molecule has 0 amide bonds. The van der Waals surface area contributed by atoms with E-state index in [1.165, 1.54) is 38.5 Å². The van der Waals surface area contributed by atoms with Gasteiger partial charge in [-0.2, -0.15) is 0 Å². The molecule has 3 nitrogen and oxygen atoms in total. The van der Waals surface area contributed by atoms with Crippen molar-refractivity contribution in [3.05, 3.63) is 0 Å². The average Bonchev–Trinajstić information content (AvgIpc) is 3.23. The van der Waals surface area contributed by atoms with Crippen molar-refractivity contribution in [2.24, 2.45) is 17.8 Å². The van der Waals surface area contributed by atoms with E-state index in [-0.39, 0.29) is 3.98 Å². The summed E-state index contributed by atoms with van der Waals surface area (Å²) in [4.78, 5) is 11.9. The Bertz CT molecular complexity index is 339. The van der Waals surface area contributed by atoms with E-state index in [9.17, 15) is 4.79 Å². The molecule has 1 saturated heterocycles. The number of alkyl halides is 1. The molecule has 3 aliphatic rings. The first kappa shape index (κ1) is 15.1. The summed E-state index contributed by atoms with van der Waals surface area (Å²) in [7, 11) is 0. The zero-order chi connectivity index (χ0) is 13.9.